The van der Waals surface area contributed by atoms with E-state index in [9.17, 15) is 0 Å². The van der Waals surface area contributed by atoms with Crippen LogP contribution in [0.15, 0.2) is 17.5 Å². The van der Waals surface area contributed by atoms with Gasteiger partial charge < -0.3 is 15.8 Å². The van der Waals surface area contributed by atoms with Gasteiger partial charge in [0.05, 0.1) is 30.0 Å². The lowest BCUT2D eigenvalue weighted by molar-refractivity contribution is 0.398. The minimum absolute atomic E-state index is 0.538. The van der Waals surface area contributed by atoms with Crippen molar-refractivity contribution in [3.05, 3.63) is 28.2 Å². The zero-order chi connectivity index (χ0) is 12.3. The fraction of sp³-hybridized carbons (Fsp3) is 0.273. The summed E-state index contributed by atoms with van der Waals surface area (Å²) < 4.78 is 5.05. The molecule has 0 aliphatic heterocycles. The Morgan fingerprint density at radius 3 is 2.88 bits per heavy atom. The summed E-state index contributed by atoms with van der Waals surface area (Å²) in [5.74, 6) is 1.16. The van der Waals surface area contributed by atoms with Crippen LogP contribution in [-0.4, -0.2) is 17.1 Å². The molecule has 5 nitrogen and oxygen atoms in total. The molecule has 17 heavy (non-hydrogen) atoms. The van der Waals surface area contributed by atoms with Gasteiger partial charge >= 0.3 is 0 Å². The number of nitrogens with one attached hydrogen (secondary N) is 1. The Labute approximate surface area is 104 Å². The fourth-order valence-electron chi connectivity index (χ4n) is 1.37. The number of nitrogens with zero attached hydrogens (tertiary/aromatic N) is 2. The number of nitrogen functional groups attached to an aromatic ring is 1. The van der Waals surface area contributed by atoms with Gasteiger partial charge in [-0.05, 0) is 13.0 Å². The Morgan fingerprint density at radius 1 is 1.41 bits per heavy atom. The Kier molecular flexibility index (Phi) is 3.43. The first-order valence-electron chi connectivity index (χ1n) is 5.14. The standard InChI is InChI=1S/C11H14N4OS/c1-7-14-8(6-17-7)5-13-11-9(12)3-4-10(15-11)16-2/h3-4,6H,5,12H2,1-2H3,(H,13,15). The van der Waals surface area contributed by atoms with Crippen molar-refractivity contribution in [3.63, 3.8) is 0 Å². The van der Waals surface area contributed by atoms with Crippen LogP contribution in [0.1, 0.15) is 10.7 Å². The molecule has 0 aliphatic carbocycles. The molecule has 0 unspecified atom stereocenters. The third kappa shape index (κ3) is 2.85. The van der Waals surface area contributed by atoms with E-state index >= 15 is 0 Å². The van der Waals surface area contributed by atoms with Gasteiger partial charge in [0.25, 0.3) is 0 Å². The number of aryl methyl sites for hydroxylation is 1. The van der Waals surface area contributed by atoms with Crippen LogP contribution >= 0.6 is 11.3 Å². The van der Waals surface area contributed by atoms with Crippen LogP contribution < -0.4 is 15.8 Å². The number of thiazole rings is 1. The maximum atomic E-state index is 5.82. The minimum Gasteiger partial charge on any atom is -0.481 e. The van der Waals surface area contributed by atoms with Crippen molar-refractivity contribution in [3.8, 4) is 5.88 Å². The lowest BCUT2D eigenvalue weighted by Gasteiger charge is -2.08. The molecule has 0 atom stereocenters. The van der Waals surface area contributed by atoms with Gasteiger partial charge in [-0.1, -0.05) is 0 Å². The van der Waals surface area contributed by atoms with Gasteiger partial charge in [-0.25, -0.2) is 4.98 Å². The molecule has 2 aromatic heterocycles. The number of hydrogen-bond donors (Lipinski definition) is 2. The quantitative estimate of drug-likeness (QED) is 0.868. The molecule has 2 aromatic rings. The van der Waals surface area contributed by atoms with Crippen molar-refractivity contribution in [2.24, 2.45) is 0 Å². The topological polar surface area (TPSA) is 73.1 Å². The van der Waals surface area contributed by atoms with Crippen LogP contribution in [0.2, 0.25) is 0 Å². The van der Waals surface area contributed by atoms with E-state index in [1.807, 2.05) is 12.3 Å². The van der Waals surface area contributed by atoms with E-state index in [1.165, 1.54) is 0 Å². The Hall–Kier alpha value is -1.82. The highest BCUT2D eigenvalue weighted by atomic mass is 32.1. The van der Waals surface area contributed by atoms with Gasteiger partial charge in [0, 0.05) is 11.4 Å². The lowest BCUT2D eigenvalue weighted by atomic mass is 10.3. The van der Waals surface area contributed by atoms with Crippen molar-refractivity contribution < 1.29 is 4.74 Å². The number of anilines is 2. The summed E-state index contributed by atoms with van der Waals surface area (Å²) in [4.78, 5) is 8.58. The highest BCUT2D eigenvalue weighted by Gasteiger charge is 2.04. The predicted molar refractivity (Wildman–Crippen MR) is 69.4 cm³/mol. The van der Waals surface area contributed by atoms with E-state index in [4.69, 9.17) is 10.5 Å². The molecule has 2 heterocycles. The lowest BCUT2D eigenvalue weighted by Crippen LogP contribution is -2.05. The second-order valence-electron chi connectivity index (χ2n) is 3.50. The molecule has 0 amide bonds. The molecule has 0 radical (unpaired) electrons. The predicted octanol–water partition coefficient (Wildman–Crippen LogP) is 2.05. The third-order valence-corrected chi connectivity index (χ3v) is 3.04. The van der Waals surface area contributed by atoms with Crippen molar-refractivity contribution >= 4 is 22.8 Å². The molecule has 0 saturated heterocycles. The van der Waals surface area contributed by atoms with Crippen molar-refractivity contribution in [2.75, 3.05) is 18.2 Å². The zero-order valence-electron chi connectivity index (χ0n) is 9.73. The van der Waals surface area contributed by atoms with Crippen molar-refractivity contribution in [2.45, 2.75) is 13.5 Å². The highest BCUT2D eigenvalue weighted by molar-refractivity contribution is 7.09. The summed E-state index contributed by atoms with van der Waals surface area (Å²) in [5, 5.41) is 6.21. The average Bonchev–Trinajstić information content (AvgIpc) is 2.74. The second-order valence-corrected chi connectivity index (χ2v) is 4.57. The van der Waals surface area contributed by atoms with E-state index in [1.54, 1.807) is 30.6 Å². The van der Waals surface area contributed by atoms with E-state index in [-0.39, 0.29) is 0 Å². The van der Waals surface area contributed by atoms with Crippen LogP contribution in [0, 0.1) is 6.92 Å². The summed E-state index contributed by atoms with van der Waals surface area (Å²) >= 11 is 1.62. The molecule has 3 N–H and O–H groups in total. The first-order valence-corrected chi connectivity index (χ1v) is 6.02. The largest absolute Gasteiger partial charge is 0.481 e. The maximum Gasteiger partial charge on any atom is 0.215 e. The maximum absolute atomic E-state index is 5.82. The number of nitrogens with two attached hydrogens (primary N) is 1. The Morgan fingerprint density at radius 2 is 2.24 bits per heavy atom. The average molecular weight is 250 g/mol. The van der Waals surface area contributed by atoms with Crippen LogP contribution in [0.5, 0.6) is 5.88 Å². The number of pyridine rings is 1. The van der Waals surface area contributed by atoms with Crippen molar-refractivity contribution in [1.82, 2.24) is 9.97 Å². The zero-order valence-corrected chi connectivity index (χ0v) is 10.5. The number of methoxy groups -OCH3 is 1. The molecule has 90 valence electrons. The highest BCUT2D eigenvalue weighted by Crippen LogP contribution is 2.20. The van der Waals surface area contributed by atoms with Gasteiger partial charge in [-0.15, -0.1) is 11.3 Å². The van der Waals surface area contributed by atoms with E-state index in [0.717, 1.165) is 10.7 Å². The number of rotatable bonds is 4. The SMILES string of the molecule is COc1ccc(N)c(NCc2csc(C)n2)n1. The van der Waals surface area contributed by atoms with E-state index in [2.05, 4.69) is 15.3 Å². The molecule has 0 fully saturated rings. The van der Waals surface area contributed by atoms with Crippen LogP contribution in [-0.2, 0) is 6.54 Å². The van der Waals surface area contributed by atoms with Crippen molar-refractivity contribution in [1.29, 1.82) is 0 Å². The normalized spacial score (nSPS) is 10.2. The van der Waals surface area contributed by atoms with E-state index in [0.29, 0.717) is 23.9 Å². The minimum atomic E-state index is 0.538. The molecule has 0 aliphatic rings. The van der Waals surface area contributed by atoms with Crippen LogP contribution in [0.25, 0.3) is 0 Å². The number of ether oxygens (including phenoxy) is 1. The molecule has 2 rings (SSSR count). The Balaban J connectivity index is 2.07. The third-order valence-electron chi connectivity index (χ3n) is 2.21. The molecule has 0 spiro atoms. The van der Waals surface area contributed by atoms with Gasteiger partial charge in [-0.2, -0.15) is 4.98 Å². The van der Waals surface area contributed by atoms with Gasteiger partial charge in [0.15, 0.2) is 5.82 Å². The van der Waals surface area contributed by atoms with Gasteiger partial charge in [-0.3, -0.25) is 0 Å². The molecule has 0 bridgehead atoms. The Bertz CT molecular complexity index is 512. The summed E-state index contributed by atoms with van der Waals surface area (Å²) in [6.07, 6.45) is 0. The molecule has 0 aromatic carbocycles. The summed E-state index contributed by atoms with van der Waals surface area (Å²) in [6.45, 7) is 2.58. The first kappa shape index (κ1) is 11.7. The monoisotopic (exact) mass is 250 g/mol. The summed E-state index contributed by atoms with van der Waals surface area (Å²) in [7, 11) is 1.58. The molecule has 6 heteroatoms. The van der Waals surface area contributed by atoms with E-state index < -0.39 is 0 Å². The van der Waals surface area contributed by atoms with Gasteiger partial charge in [0.1, 0.15) is 0 Å². The van der Waals surface area contributed by atoms with Crippen LogP contribution in [0.3, 0.4) is 0 Å². The molecule has 0 saturated carbocycles. The number of aromatic nitrogens is 2. The smallest absolute Gasteiger partial charge is 0.215 e. The number of hydrogen-bond acceptors (Lipinski definition) is 6. The first-order chi connectivity index (χ1) is 8.19. The molecular formula is C11H14N4OS. The second kappa shape index (κ2) is 5.01. The van der Waals surface area contributed by atoms with Crippen LogP contribution in [0.4, 0.5) is 11.5 Å². The fourth-order valence-corrected chi connectivity index (χ4v) is 1.98. The summed E-state index contributed by atoms with van der Waals surface area (Å²) in [6, 6.07) is 3.49. The van der Waals surface area contributed by atoms with Gasteiger partial charge in [0.2, 0.25) is 5.88 Å². The molecular weight excluding hydrogens is 236 g/mol. The summed E-state index contributed by atoms with van der Waals surface area (Å²) in [5.41, 5.74) is 7.39.